The van der Waals surface area contributed by atoms with Crippen molar-refractivity contribution < 1.29 is 14.0 Å². The molecule has 1 saturated carbocycles. The maximum atomic E-state index is 12.8. The third-order valence-electron chi connectivity index (χ3n) is 5.25. The van der Waals surface area contributed by atoms with E-state index in [4.69, 9.17) is 4.42 Å². The summed E-state index contributed by atoms with van der Waals surface area (Å²) in [6.07, 6.45) is 4.92. The summed E-state index contributed by atoms with van der Waals surface area (Å²) >= 11 is 0. The lowest BCUT2D eigenvalue weighted by Gasteiger charge is -2.58. The molecule has 2 amide bonds. The monoisotopic (exact) mass is 318 g/mol. The molecule has 1 unspecified atom stereocenters. The number of hydrogen-bond donors (Lipinski definition) is 1. The zero-order chi connectivity index (χ0) is 16.6. The number of carbonyl (C=O) groups is 2. The average molecular weight is 318 g/mol. The summed E-state index contributed by atoms with van der Waals surface area (Å²) in [5, 5.41) is 2.96. The topological polar surface area (TPSA) is 62.6 Å². The summed E-state index contributed by atoms with van der Waals surface area (Å²) in [5.41, 5.74) is -0.453. The number of carbonyl (C=O) groups excluding carboxylic acids is 2. The van der Waals surface area contributed by atoms with Gasteiger partial charge >= 0.3 is 0 Å². The van der Waals surface area contributed by atoms with E-state index in [0.717, 1.165) is 43.6 Å². The van der Waals surface area contributed by atoms with Gasteiger partial charge in [-0.15, -0.1) is 0 Å². The number of furan rings is 1. The molecule has 2 aliphatic rings. The summed E-state index contributed by atoms with van der Waals surface area (Å²) in [6, 6.07) is 3.48. The van der Waals surface area contributed by atoms with Crippen LogP contribution >= 0.6 is 0 Å². The van der Waals surface area contributed by atoms with Crippen molar-refractivity contribution in [3.8, 4) is 0 Å². The standard InChI is InChI=1S/C18H26N2O3/c1-12(2)20-15(18(17(20)22)9-5-4-6-10-18)16(21)19-11-14-8-7-13(3)23-14/h7-8,12,15H,4-6,9-11H2,1-3H3,(H,19,21). The SMILES string of the molecule is Cc1ccc(CNC(=O)C2N(C(C)C)C(=O)C23CCCCC3)o1. The minimum atomic E-state index is -0.453. The maximum absolute atomic E-state index is 12.8. The molecule has 1 aliphatic carbocycles. The van der Waals surface area contributed by atoms with E-state index >= 15 is 0 Å². The number of nitrogens with one attached hydrogen (secondary N) is 1. The molecule has 0 aromatic carbocycles. The van der Waals surface area contributed by atoms with Gasteiger partial charge in [0.15, 0.2) is 0 Å². The Hall–Kier alpha value is -1.78. The van der Waals surface area contributed by atoms with Crippen LogP contribution in [0.15, 0.2) is 16.5 Å². The zero-order valence-corrected chi connectivity index (χ0v) is 14.2. The van der Waals surface area contributed by atoms with Crippen LogP contribution in [0.4, 0.5) is 0 Å². The highest BCUT2D eigenvalue weighted by atomic mass is 16.3. The Morgan fingerprint density at radius 2 is 2.04 bits per heavy atom. The molecule has 2 fully saturated rings. The van der Waals surface area contributed by atoms with E-state index in [1.165, 1.54) is 0 Å². The molecule has 23 heavy (non-hydrogen) atoms. The van der Waals surface area contributed by atoms with Crippen molar-refractivity contribution >= 4 is 11.8 Å². The van der Waals surface area contributed by atoms with Gasteiger partial charge in [0.25, 0.3) is 0 Å². The van der Waals surface area contributed by atoms with Crippen LogP contribution in [0, 0.1) is 12.3 Å². The molecule has 1 aromatic rings. The maximum Gasteiger partial charge on any atom is 0.244 e. The number of aryl methyl sites for hydroxylation is 1. The van der Waals surface area contributed by atoms with Crippen molar-refractivity contribution in [1.29, 1.82) is 0 Å². The Morgan fingerprint density at radius 1 is 1.35 bits per heavy atom. The predicted molar refractivity (Wildman–Crippen MR) is 86.6 cm³/mol. The van der Waals surface area contributed by atoms with Crippen LogP contribution in [0.2, 0.25) is 0 Å². The first-order valence-electron chi connectivity index (χ1n) is 8.61. The molecule has 3 rings (SSSR count). The van der Waals surface area contributed by atoms with E-state index in [-0.39, 0.29) is 23.9 Å². The van der Waals surface area contributed by atoms with Crippen molar-refractivity contribution in [2.45, 2.75) is 71.5 Å². The summed E-state index contributed by atoms with van der Waals surface area (Å²) < 4.78 is 5.50. The van der Waals surface area contributed by atoms with Gasteiger partial charge < -0.3 is 14.6 Å². The van der Waals surface area contributed by atoms with Crippen molar-refractivity contribution in [2.75, 3.05) is 0 Å². The smallest absolute Gasteiger partial charge is 0.244 e. The van der Waals surface area contributed by atoms with Gasteiger partial charge in [0, 0.05) is 6.04 Å². The number of amides is 2. The second-order valence-electron chi connectivity index (χ2n) is 7.16. The third-order valence-corrected chi connectivity index (χ3v) is 5.25. The lowest BCUT2D eigenvalue weighted by Crippen LogP contribution is -2.75. The highest BCUT2D eigenvalue weighted by Crippen LogP contribution is 2.50. The van der Waals surface area contributed by atoms with Crippen molar-refractivity contribution in [1.82, 2.24) is 10.2 Å². The third kappa shape index (κ3) is 2.66. The van der Waals surface area contributed by atoms with Crippen LogP contribution in [0.5, 0.6) is 0 Å². The molecule has 5 nitrogen and oxygen atoms in total. The van der Waals surface area contributed by atoms with Gasteiger partial charge in [-0.2, -0.15) is 0 Å². The molecular formula is C18H26N2O3. The number of rotatable bonds is 4. The molecule has 1 atom stereocenters. The van der Waals surface area contributed by atoms with Gasteiger partial charge in [0.2, 0.25) is 11.8 Å². The minimum absolute atomic E-state index is 0.0470. The first-order valence-corrected chi connectivity index (χ1v) is 8.61. The Bertz CT molecular complexity index is 599. The Balaban J connectivity index is 1.73. The van der Waals surface area contributed by atoms with Crippen molar-refractivity contribution in [3.63, 3.8) is 0 Å². The number of likely N-dealkylation sites (tertiary alicyclic amines) is 1. The van der Waals surface area contributed by atoms with Crippen molar-refractivity contribution in [2.24, 2.45) is 5.41 Å². The summed E-state index contributed by atoms with van der Waals surface area (Å²) in [7, 11) is 0. The second kappa shape index (κ2) is 6.02. The van der Waals surface area contributed by atoms with Gasteiger partial charge in [-0.3, -0.25) is 9.59 Å². The van der Waals surface area contributed by atoms with E-state index in [0.29, 0.717) is 6.54 Å². The number of nitrogens with zero attached hydrogens (tertiary/aromatic N) is 1. The van der Waals surface area contributed by atoms with Crippen LogP contribution in [0.1, 0.15) is 57.5 Å². The molecular weight excluding hydrogens is 292 g/mol. The zero-order valence-electron chi connectivity index (χ0n) is 14.2. The van der Waals surface area contributed by atoms with Gasteiger partial charge in [0.05, 0.1) is 12.0 Å². The van der Waals surface area contributed by atoms with Crippen LogP contribution in [-0.2, 0) is 16.1 Å². The summed E-state index contributed by atoms with van der Waals surface area (Å²) in [5.74, 6) is 1.70. The normalized spacial score (nSPS) is 23.2. The molecule has 0 radical (unpaired) electrons. The second-order valence-corrected chi connectivity index (χ2v) is 7.16. The fraction of sp³-hybridized carbons (Fsp3) is 0.667. The minimum Gasteiger partial charge on any atom is -0.465 e. The summed E-state index contributed by atoms with van der Waals surface area (Å²) in [4.78, 5) is 27.3. The average Bonchev–Trinajstić information content (AvgIpc) is 2.95. The quantitative estimate of drug-likeness (QED) is 0.868. The molecule has 1 aromatic heterocycles. The molecule has 1 N–H and O–H groups in total. The first kappa shape index (κ1) is 16.1. The fourth-order valence-electron chi connectivity index (χ4n) is 4.12. The Labute approximate surface area is 137 Å². The van der Waals surface area contributed by atoms with Crippen LogP contribution in [0.3, 0.4) is 0 Å². The fourth-order valence-corrected chi connectivity index (χ4v) is 4.12. The molecule has 0 bridgehead atoms. The lowest BCUT2D eigenvalue weighted by molar-refractivity contribution is -0.186. The Morgan fingerprint density at radius 3 is 2.61 bits per heavy atom. The number of hydrogen-bond acceptors (Lipinski definition) is 3. The molecule has 126 valence electrons. The largest absolute Gasteiger partial charge is 0.465 e. The molecule has 1 aliphatic heterocycles. The van der Waals surface area contributed by atoms with E-state index in [2.05, 4.69) is 5.32 Å². The van der Waals surface area contributed by atoms with Gasteiger partial charge in [-0.25, -0.2) is 0 Å². The van der Waals surface area contributed by atoms with Crippen molar-refractivity contribution in [3.05, 3.63) is 23.7 Å². The van der Waals surface area contributed by atoms with E-state index in [9.17, 15) is 9.59 Å². The molecule has 5 heteroatoms. The predicted octanol–water partition coefficient (Wildman–Crippen LogP) is 2.77. The van der Waals surface area contributed by atoms with E-state index in [1.807, 2.05) is 32.9 Å². The van der Waals surface area contributed by atoms with Crippen LogP contribution in [0.25, 0.3) is 0 Å². The lowest BCUT2D eigenvalue weighted by atomic mass is 9.61. The number of β-lactam (4-membered cyclic amide) rings is 1. The summed E-state index contributed by atoms with van der Waals surface area (Å²) in [6.45, 7) is 6.21. The molecule has 1 spiro atoms. The van der Waals surface area contributed by atoms with Crippen LogP contribution in [-0.4, -0.2) is 28.8 Å². The molecule has 2 heterocycles. The van der Waals surface area contributed by atoms with E-state index in [1.54, 1.807) is 4.90 Å². The highest BCUT2D eigenvalue weighted by Gasteiger charge is 2.63. The van der Waals surface area contributed by atoms with Gasteiger partial charge in [0.1, 0.15) is 17.6 Å². The highest BCUT2D eigenvalue weighted by molar-refractivity contribution is 6.02. The van der Waals surface area contributed by atoms with Gasteiger partial charge in [-0.1, -0.05) is 19.3 Å². The molecule has 1 saturated heterocycles. The van der Waals surface area contributed by atoms with Crippen LogP contribution < -0.4 is 5.32 Å². The first-order chi connectivity index (χ1) is 11.0. The van der Waals surface area contributed by atoms with Gasteiger partial charge in [-0.05, 0) is 45.7 Å². The Kier molecular flexibility index (Phi) is 4.21. The van der Waals surface area contributed by atoms with E-state index < -0.39 is 5.41 Å².